The average Bonchev–Trinajstić information content (AvgIpc) is 3.20. The second-order valence-electron chi connectivity index (χ2n) is 6.26. The van der Waals surface area contributed by atoms with Gasteiger partial charge in [0.25, 0.3) is 0 Å². The van der Waals surface area contributed by atoms with Crippen molar-refractivity contribution in [3.63, 3.8) is 0 Å². The monoisotopic (exact) mass is 405 g/mol. The van der Waals surface area contributed by atoms with Gasteiger partial charge in [-0.15, -0.1) is 0 Å². The lowest BCUT2D eigenvalue weighted by molar-refractivity contribution is 0.0697. The Labute approximate surface area is 171 Å². The fourth-order valence-corrected chi connectivity index (χ4v) is 3.24. The summed E-state index contributed by atoms with van der Waals surface area (Å²) in [6, 6.07) is 18.2. The van der Waals surface area contributed by atoms with E-state index in [-0.39, 0.29) is 10.6 Å². The fourth-order valence-electron chi connectivity index (χ4n) is 3.04. The number of aromatic amines is 1. The molecule has 7 heteroatoms. The number of ether oxygens (including phenoxy) is 1. The van der Waals surface area contributed by atoms with E-state index in [1.807, 2.05) is 36.4 Å². The summed E-state index contributed by atoms with van der Waals surface area (Å²) in [5.41, 5.74) is 3.71. The molecule has 0 unspecified atom stereocenters. The number of rotatable bonds is 5. The molecule has 2 N–H and O–H groups in total. The summed E-state index contributed by atoms with van der Waals surface area (Å²) in [5.74, 6) is 0.0349. The summed E-state index contributed by atoms with van der Waals surface area (Å²) in [5, 5.41) is 9.61. The zero-order valence-corrected chi connectivity index (χ0v) is 16.1. The molecule has 144 valence electrons. The predicted molar refractivity (Wildman–Crippen MR) is 111 cm³/mol. The van der Waals surface area contributed by atoms with Crippen molar-refractivity contribution in [1.82, 2.24) is 15.0 Å². The van der Waals surface area contributed by atoms with E-state index in [2.05, 4.69) is 9.97 Å². The van der Waals surface area contributed by atoms with Gasteiger partial charge in [0.2, 0.25) is 5.88 Å². The van der Waals surface area contributed by atoms with E-state index in [1.54, 1.807) is 31.5 Å². The van der Waals surface area contributed by atoms with Gasteiger partial charge >= 0.3 is 5.97 Å². The molecule has 0 radical (unpaired) electrons. The van der Waals surface area contributed by atoms with Crippen molar-refractivity contribution in [3.05, 3.63) is 77.4 Å². The maximum Gasteiger partial charge on any atom is 0.337 e. The number of H-pyrrole nitrogens is 1. The van der Waals surface area contributed by atoms with Gasteiger partial charge in [-0.3, -0.25) is 0 Å². The minimum atomic E-state index is -1.09. The highest BCUT2D eigenvalue weighted by molar-refractivity contribution is 6.33. The molecule has 0 saturated heterocycles. The SMILES string of the molecule is COc1cc(-c2[nH]c(-c3ccccc3)nc2-c2ccc(Cl)c(C(=O)O)c2)ccn1. The molecule has 0 aliphatic carbocycles. The van der Waals surface area contributed by atoms with Crippen LogP contribution in [0.3, 0.4) is 0 Å². The number of carboxylic acid groups (broad SMARTS) is 1. The Morgan fingerprint density at radius 3 is 2.55 bits per heavy atom. The van der Waals surface area contributed by atoms with Gasteiger partial charge in [-0.1, -0.05) is 48.0 Å². The van der Waals surface area contributed by atoms with Crippen LogP contribution in [0.25, 0.3) is 33.9 Å². The Morgan fingerprint density at radius 2 is 1.83 bits per heavy atom. The average molecular weight is 406 g/mol. The first-order valence-electron chi connectivity index (χ1n) is 8.76. The number of benzene rings is 2. The number of methoxy groups -OCH3 is 1. The molecule has 2 aromatic heterocycles. The third-order valence-electron chi connectivity index (χ3n) is 4.45. The normalized spacial score (nSPS) is 10.7. The van der Waals surface area contributed by atoms with Crippen LogP contribution in [0.2, 0.25) is 5.02 Å². The van der Waals surface area contributed by atoms with Crippen LogP contribution >= 0.6 is 11.6 Å². The number of carbonyl (C=O) groups is 1. The highest BCUT2D eigenvalue weighted by Crippen LogP contribution is 2.35. The number of aromatic nitrogens is 3. The van der Waals surface area contributed by atoms with Crippen LogP contribution in [0.5, 0.6) is 5.88 Å². The highest BCUT2D eigenvalue weighted by Gasteiger charge is 2.18. The summed E-state index contributed by atoms with van der Waals surface area (Å²) in [6.45, 7) is 0. The third kappa shape index (κ3) is 3.70. The van der Waals surface area contributed by atoms with Gasteiger partial charge < -0.3 is 14.8 Å². The zero-order chi connectivity index (χ0) is 20.4. The first-order valence-corrected chi connectivity index (χ1v) is 9.13. The predicted octanol–water partition coefficient (Wildman–Crippen LogP) is 5.17. The number of pyridine rings is 1. The van der Waals surface area contributed by atoms with E-state index >= 15 is 0 Å². The molecule has 4 rings (SSSR count). The number of aromatic carboxylic acids is 1. The van der Waals surface area contributed by atoms with E-state index in [0.717, 1.165) is 16.8 Å². The molecular formula is C22H16ClN3O3. The quantitative estimate of drug-likeness (QED) is 0.478. The van der Waals surface area contributed by atoms with Crippen molar-refractivity contribution >= 4 is 17.6 Å². The van der Waals surface area contributed by atoms with E-state index in [1.165, 1.54) is 6.07 Å². The van der Waals surface area contributed by atoms with Crippen LogP contribution in [0.1, 0.15) is 10.4 Å². The summed E-state index contributed by atoms with van der Waals surface area (Å²) in [6.07, 6.45) is 1.64. The maximum atomic E-state index is 11.5. The van der Waals surface area contributed by atoms with E-state index in [0.29, 0.717) is 23.0 Å². The van der Waals surface area contributed by atoms with Crippen LogP contribution in [0, 0.1) is 0 Å². The molecule has 0 bridgehead atoms. The fraction of sp³-hybridized carbons (Fsp3) is 0.0455. The van der Waals surface area contributed by atoms with Crippen molar-refractivity contribution in [2.24, 2.45) is 0 Å². The van der Waals surface area contributed by atoms with E-state index in [4.69, 9.17) is 21.3 Å². The van der Waals surface area contributed by atoms with Crippen molar-refractivity contribution in [1.29, 1.82) is 0 Å². The Morgan fingerprint density at radius 1 is 1.03 bits per heavy atom. The van der Waals surface area contributed by atoms with Crippen LogP contribution in [0.4, 0.5) is 0 Å². The number of carboxylic acids is 1. The zero-order valence-electron chi connectivity index (χ0n) is 15.4. The second-order valence-corrected chi connectivity index (χ2v) is 6.67. The minimum absolute atomic E-state index is 0.0201. The smallest absolute Gasteiger partial charge is 0.337 e. The number of hydrogen-bond donors (Lipinski definition) is 2. The number of imidazole rings is 1. The van der Waals surface area contributed by atoms with Crippen LogP contribution in [-0.4, -0.2) is 33.1 Å². The molecule has 0 amide bonds. The van der Waals surface area contributed by atoms with Crippen molar-refractivity contribution < 1.29 is 14.6 Å². The summed E-state index contributed by atoms with van der Waals surface area (Å²) in [4.78, 5) is 23.8. The lowest BCUT2D eigenvalue weighted by Gasteiger charge is -2.06. The van der Waals surface area contributed by atoms with Crippen molar-refractivity contribution in [2.75, 3.05) is 7.11 Å². The molecule has 2 aromatic carbocycles. The van der Waals surface area contributed by atoms with E-state index in [9.17, 15) is 9.90 Å². The van der Waals surface area contributed by atoms with Gasteiger partial charge in [-0.05, 0) is 18.2 Å². The lowest BCUT2D eigenvalue weighted by Crippen LogP contribution is -1.98. The van der Waals surface area contributed by atoms with Gasteiger partial charge in [0.1, 0.15) is 5.82 Å². The molecule has 0 spiro atoms. The largest absolute Gasteiger partial charge is 0.481 e. The van der Waals surface area contributed by atoms with Crippen molar-refractivity contribution in [2.45, 2.75) is 0 Å². The maximum absolute atomic E-state index is 11.5. The number of halogens is 1. The Hall–Kier alpha value is -3.64. The standard InChI is InChI=1S/C22H16ClN3O3/c1-29-18-12-15(9-10-24-18)20-19(14-7-8-17(23)16(11-14)22(27)28)25-21(26-20)13-5-3-2-4-6-13/h2-12H,1H3,(H,25,26)(H,27,28). The lowest BCUT2D eigenvalue weighted by atomic mass is 10.0. The topological polar surface area (TPSA) is 88.1 Å². The minimum Gasteiger partial charge on any atom is -0.481 e. The Kier molecular flexibility index (Phi) is 5.01. The molecule has 0 aliphatic rings. The highest BCUT2D eigenvalue weighted by atomic mass is 35.5. The molecule has 29 heavy (non-hydrogen) atoms. The van der Waals surface area contributed by atoms with Crippen molar-refractivity contribution in [3.8, 4) is 39.8 Å². The van der Waals surface area contributed by atoms with E-state index < -0.39 is 5.97 Å². The summed E-state index contributed by atoms with van der Waals surface area (Å²) in [7, 11) is 1.55. The van der Waals surface area contributed by atoms with Crippen LogP contribution < -0.4 is 4.74 Å². The molecule has 0 saturated carbocycles. The molecule has 4 aromatic rings. The first-order chi connectivity index (χ1) is 14.1. The molecule has 0 atom stereocenters. The molecule has 2 heterocycles. The molecule has 0 fully saturated rings. The molecular weight excluding hydrogens is 390 g/mol. The Bertz CT molecular complexity index is 1190. The van der Waals surface area contributed by atoms with Crippen LogP contribution in [0.15, 0.2) is 66.9 Å². The van der Waals surface area contributed by atoms with Gasteiger partial charge in [0, 0.05) is 29.0 Å². The number of nitrogens with one attached hydrogen (secondary N) is 1. The van der Waals surface area contributed by atoms with Gasteiger partial charge in [-0.25, -0.2) is 14.8 Å². The first kappa shape index (κ1) is 18.7. The number of hydrogen-bond acceptors (Lipinski definition) is 4. The summed E-state index contributed by atoms with van der Waals surface area (Å²) >= 11 is 6.04. The Balaban J connectivity index is 1.93. The van der Waals surface area contributed by atoms with Gasteiger partial charge in [0.05, 0.1) is 29.1 Å². The number of nitrogens with zero attached hydrogens (tertiary/aromatic N) is 2. The second kappa shape index (κ2) is 7.77. The summed E-state index contributed by atoms with van der Waals surface area (Å²) < 4.78 is 5.24. The van der Waals surface area contributed by atoms with Crippen LogP contribution in [-0.2, 0) is 0 Å². The van der Waals surface area contributed by atoms with Gasteiger partial charge in [-0.2, -0.15) is 0 Å². The third-order valence-corrected chi connectivity index (χ3v) is 4.78. The molecule has 6 nitrogen and oxygen atoms in total. The molecule has 0 aliphatic heterocycles. The van der Waals surface area contributed by atoms with Gasteiger partial charge in [0.15, 0.2) is 0 Å².